The highest BCUT2D eigenvalue weighted by atomic mass is 32.2. The normalized spacial score (nSPS) is 21.5. The van der Waals surface area contributed by atoms with Gasteiger partial charge in [0.25, 0.3) is 0 Å². The Bertz CT molecular complexity index is 543. The predicted molar refractivity (Wildman–Crippen MR) is 59.4 cm³/mol. The van der Waals surface area contributed by atoms with Crippen molar-refractivity contribution in [3.63, 3.8) is 0 Å². The summed E-state index contributed by atoms with van der Waals surface area (Å²) in [6.07, 6.45) is 0.843. The van der Waals surface area contributed by atoms with Crippen LogP contribution in [0.1, 0.15) is 24.9 Å². The predicted octanol–water partition coefficient (Wildman–Crippen LogP) is 1.79. The van der Waals surface area contributed by atoms with Gasteiger partial charge in [0.1, 0.15) is 0 Å². The lowest BCUT2D eigenvalue weighted by Gasteiger charge is -2.11. The number of hydrogen-bond donors (Lipinski definition) is 1. The molecule has 1 atom stereocenters. The molecule has 0 bridgehead atoms. The summed E-state index contributed by atoms with van der Waals surface area (Å²) < 4.78 is 49.7. The highest BCUT2D eigenvalue weighted by molar-refractivity contribution is 7.91. The first-order chi connectivity index (χ1) is 7.95. The van der Waals surface area contributed by atoms with E-state index in [-0.39, 0.29) is 10.6 Å². The van der Waals surface area contributed by atoms with Gasteiger partial charge in [0.15, 0.2) is 21.5 Å². The standard InChI is InChI=1S/C11H13F2NO2S/c1-2-3-14-10-6-17(15,16)11-5-9(13)8(12)4-7(10)11/h4-5,10,14H,2-3,6H2,1H3. The molecule has 94 valence electrons. The van der Waals surface area contributed by atoms with E-state index >= 15 is 0 Å². The van der Waals surface area contributed by atoms with Crippen molar-refractivity contribution in [2.45, 2.75) is 24.3 Å². The van der Waals surface area contributed by atoms with E-state index in [9.17, 15) is 17.2 Å². The molecule has 0 fully saturated rings. The van der Waals surface area contributed by atoms with Gasteiger partial charge in [-0.1, -0.05) is 6.92 Å². The van der Waals surface area contributed by atoms with E-state index in [4.69, 9.17) is 0 Å². The monoisotopic (exact) mass is 261 g/mol. The Kier molecular flexibility index (Phi) is 3.18. The second kappa shape index (κ2) is 4.34. The fourth-order valence-corrected chi connectivity index (χ4v) is 3.73. The van der Waals surface area contributed by atoms with Crippen molar-refractivity contribution in [1.29, 1.82) is 0 Å². The van der Waals surface area contributed by atoms with Gasteiger partial charge >= 0.3 is 0 Å². The van der Waals surface area contributed by atoms with Crippen molar-refractivity contribution in [2.24, 2.45) is 0 Å². The minimum absolute atomic E-state index is 0.0926. The summed E-state index contributed by atoms with van der Waals surface area (Å²) >= 11 is 0. The lowest BCUT2D eigenvalue weighted by Crippen LogP contribution is -2.23. The Morgan fingerprint density at radius 2 is 2.00 bits per heavy atom. The molecule has 1 unspecified atom stereocenters. The van der Waals surface area contributed by atoms with E-state index < -0.39 is 27.5 Å². The molecular weight excluding hydrogens is 248 g/mol. The van der Waals surface area contributed by atoms with Crippen LogP contribution in [0.3, 0.4) is 0 Å². The van der Waals surface area contributed by atoms with Gasteiger partial charge in [0.2, 0.25) is 0 Å². The zero-order chi connectivity index (χ0) is 12.6. The molecular formula is C11H13F2NO2S. The van der Waals surface area contributed by atoms with Crippen molar-refractivity contribution in [2.75, 3.05) is 12.3 Å². The molecule has 1 heterocycles. The molecule has 0 saturated carbocycles. The lowest BCUT2D eigenvalue weighted by molar-refractivity contribution is 0.498. The zero-order valence-electron chi connectivity index (χ0n) is 9.33. The van der Waals surface area contributed by atoms with Crippen LogP contribution in [0.25, 0.3) is 0 Å². The first-order valence-corrected chi connectivity index (χ1v) is 7.06. The molecule has 1 N–H and O–H groups in total. The van der Waals surface area contributed by atoms with Crippen LogP contribution < -0.4 is 5.32 Å². The minimum atomic E-state index is -3.49. The van der Waals surface area contributed by atoms with Crippen LogP contribution >= 0.6 is 0 Å². The molecule has 1 aromatic carbocycles. The SMILES string of the molecule is CCCNC1CS(=O)(=O)c2cc(F)c(F)cc21. The maximum atomic E-state index is 13.1. The summed E-state index contributed by atoms with van der Waals surface area (Å²) in [5, 5.41) is 3.02. The second-order valence-corrected chi connectivity index (χ2v) is 6.09. The van der Waals surface area contributed by atoms with E-state index in [1.54, 1.807) is 0 Å². The Hall–Kier alpha value is -1.01. The van der Waals surface area contributed by atoms with Crippen LogP contribution in [0.4, 0.5) is 8.78 Å². The topological polar surface area (TPSA) is 46.2 Å². The summed E-state index contributed by atoms with van der Waals surface area (Å²) in [7, 11) is -3.49. The quantitative estimate of drug-likeness (QED) is 0.844. The van der Waals surface area contributed by atoms with Crippen molar-refractivity contribution >= 4 is 9.84 Å². The second-order valence-electron chi connectivity index (χ2n) is 4.09. The van der Waals surface area contributed by atoms with Gasteiger partial charge in [-0.3, -0.25) is 0 Å². The third-order valence-corrected chi connectivity index (χ3v) is 4.59. The summed E-state index contributed by atoms with van der Waals surface area (Å²) in [5.41, 5.74) is 0.331. The van der Waals surface area contributed by atoms with Crippen LogP contribution in [0, 0.1) is 11.6 Å². The highest BCUT2D eigenvalue weighted by Gasteiger charge is 2.35. The summed E-state index contributed by atoms with van der Waals surface area (Å²) in [6, 6.07) is 1.31. The van der Waals surface area contributed by atoms with Crippen LogP contribution in [0.2, 0.25) is 0 Å². The molecule has 0 saturated heterocycles. The van der Waals surface area contributed by atoms with E-state index in [1.807, 2.05) is 6.92 Å². The smallest absolute Gasteiger partial charge is 0.180 e. The first kappa shape index (κ1) is 12.4. The van der Waals surface area contributed by atoms with Crippen LogP contribution in [0.15, 0.2) is 17.0 Å². The number of halogens is 2. The average Bonchev–Trinajstić information content (AvgIpc) is 2.49. The zero-order valence-corrected chi connectivity index (χ0v) is 10.2. The van der Waals surface area contributed by atoms with Crippen LogP contribution in [-0.2, 0) is 9.84 Å². The number of benzene rings is 1. The summed E-state index contributed by atoms with van der Waals surface area (Å²) in [5.74, 6) is -2.27. The lowest BCUT2D eigenvalue weighted by atomic mass is 10.1. The van der Waals surface area contributed by atoms with Gasteiger partial charge < -0.3 is 5.32 Å². The van der Waals surface area contributed by atoms with Gasteiger partial charge in [-0.05, 0) is 30.7 Å². The number of hydrogen-bond acceptors (Lipinski definition) is 3. The first-order valence-electron chi connectivity index (χ1n) is 5.41. The molecule has 17 heavy (non-hydrogen) atoms. The molecule has 0 amide bonds. The number of sulfone groups is 1. The highest BCUT2D eigenvalue weighted by Crippen LogP contribution is 2.34. The minimum Gasteiger partial charge on any atom is -0.309 e. The van der Waals surface area contributed by atoms with E-state index in [0.29, 0.717) is 12.1 Å². The van der Waals surface area contributed by atoms with Crippen LogP contribution in [0.5, 0.6) is 0 Å². The molecule has 6 heteroatoms. The molecule has 0 spiro atoms. The maximum absolute atomic E-state index is 13.1. The Labute approximate surface area is 98.8 Å². The maximum Gasteiger partial charge on any atom is 0.180 e. The van der Waals surface area contributed by atoms with Crippen molar-refractivity contribution in [1.82, 2.24) is 5.32 Å². The van der Waals surface area contributed by atoms with Crippen molar-refractivity contribution in [3.05, 3.63) is 29.3 Å². The fraction of sp³-hybridized carbons (Fsp3) is 0.455. The van der Waals surface area contributed by atoms with Gasteiger partial charge in [0, 0.05) is 6.04 Å². The Balaban J connectivity index is 2.46. The molecule has 3 nitrogen and oxygen atoms in total. The van der Waals surface area contributed by atoms with Gasteiger partial charge in [-0.2, -0.15) is 0 Å². The summed E-state index contributed by atoms with van der Waals surface area (Å²) in [6.45, 7) is 2.58. The third-order valence-electron chi connectivity index (χ3n) is 2.79. The average molecular weight is 261 g/mol. The molecule has 2 rings (SSSR count). The Morgan fingerprint density at radius 1 is 1.35 bits per heavy atom. The van der Waals surface area contributed by atoms with E-state index in [0.717, 1.165) is 18.6 Å². The molecule has 1 aromatic rings. The van der Waals surface area contributed by atoms with Gasteiger partial charge in [-0.15, -0.1) is 0 Å². The van der Waals surface area contributed by atoms with Gasteiger partial charge in [-0.25, -0.2) is 17.2 Å². The summed E-state index contributed by atoms with van der Waals surface area (Å²) in [4.78, 5) is -0.0926. The number of nitrogens with one attached hydrogen (secondary N) is 1. The largest absolute Gasteiger partial charge is 0.309 e. The van der Waals surface area contributed by atoms with Crippen LogP contribution in [-0.4, -0.2) is 20.7 Å². The number of rotatable bonds is 3. The van der Waals surface area contributed by atoms with E-state index in [2.05, 4.69) is 5.32 Å². The van der Waals surface area contributed by atoms with Crippen molar-refractivity contribution < 1.29 is 17.2 Å². The Morgan fingerprint density at radius 3 is 2.65 bits per heavy atom. The van der Waals surface area contributed by atoms with Gasteiger partial charge in [0.05, 0.1) is 10.6 Å². The number of fused-ring (bicyclic) bond motifs is 1. The molecule has 0 radical (unpaired) electrons. The van der Waals surface area contributed by atoms with Crippen molar-refractivity contribution in [3.8, 4) is 0 Å². The molecule has 1 aliphatic heterocycles. The molecule has 0 aromatic heterocycles. The van der Waals surface area contributed by atoms with E-state index in [1.165, 1.54) is 0 Å². The fourth-order valence-electron chi connectivity index (χ4n) is 1.97. The molecule has 0 aliphatic carbocycles. The molecule has 1 aliphatic rings. The third kappa shape index (κ3) is 2.19.